The van der Waals surface area contributed by atoms with Crippen LogP contribution in [0, 0.1) is 0 Å². The van der Waals surface area contributed by atoms with Crippen molar-refractivity contribution in [3.8, 4) is 0 Å². The molecule has 17 heavy (non-hydrogen) atoms. The summed E-state index contributed by atoms with van der Waals surface area (Å²) in [6.45, 7) is 3.82. The zero-order valence-electron chi connectivity index (χ0n) is 9.39. The lowest BCUT2D eigenvalue weighted by molar-refractivity contribution is -0.121. The Labute approximate surface area is 126 Å². The largest absolute Gasteiger partial charge is 0.369 e. The maximum Gasteiger partial charge on any atom is 0.250 e. The summed E-state index contributed by atoms with van der Waals surface area (Å²) in [5.74, 6) is -0.178. The normalized spacial score (nSPS) is 10.7. The molecule has 0 heterocycles. The van der Waals surface area contributed by atoms with Crippen molar-refractivity contribution in [1.29, 1.82) is 0 Å². The molecular weight excluding hydrogens is 418 g/mol. The fourth-order valence-corrected chi connectivity index (χ4v) is 3.54. The monoisotopic (exact) mass is 427 g/mol. The molecule has 0 unspecified atom stereocenters. The Morgan fingerprint density at radius 3 is 2.29 bits per heavy atom. The number of rotatable bonds is 4. The second-order valence-electron chi connectivity index (χ2n) is 3.65. The van der Waals surface area contributed by atoms with E-state index in [1.807, 2.05) is 26.0 Å². The summed E-state index contributed by atoms with van der Waals surface area (Å²) in [5, 5.41) is 2.78. The molecule has 1 rings (SSSR count). The number of hydrogen-bond donors (Lipinski definition) is 1. The highest BCUT2D eigenvalue weighted by atomic mass is 79.9. The molecule has 0 spiro atoms. The van der Waals surface area contributed by atoms with Crippen LogP contribution < -0.4 is 5.32 Å². The van der Waals surface area contributed by atoms with E-state index in [-0.39, 0.29) is 18.6 Å². The van der Waals surface area contributed by atoms with Gasteiger partial charge in [0, 0.05) is 13.4 Å². The fraction of sp³-hybridized carbons (Fsp3) is 0.364. The highest BCUT2D eigenvalue weighted by Gasteiger charge is 2.11. The Kier molecular flexibility index (Phi) is 6.12. The van der Waals surface area contributed by atoms with Gasteiger partial charge in [0.15, 0.2) is 0 Å². The van der Waals surface area contributed by atoms with Gasteiger partial charge in [0.25, 0.3) is 0 Å². The van der Waals surface area contributed by atoms with Gasteiger partial charge in [0.05, 0.1) is 11.8 Å². The number of amides is 1. The molecule has 1 aromatic rings. The summed E-state index contributed by atoms with van der Waals surface area (Å²) >= 11 is 10.1. The first-order valence-corrected chi connectivity index (χ1v) is 7.34. The van der Waals surface area contributed by atoms with E-state index in [0.29, 0.717) is 5.69 Å². The van der Waals surface area contributed by atoms with E-state index < -0.39 is 0 Å². The molecule has 0 saturated carbocycles. The molecular formula is C11H12Br3NO2. The van der Waals surface area contributed by atoms with Gasteiger partial charge in [-0.05, 0) is 57.8 Å². The highest BCUT2D eigenvalue weighted by Crippen LogP contribution is 2.34. The SMILES string of the molecule is CC(C)OCC(=O)Nc1c(Br)cc(Br)cc1Br. The van der Waals surface area contributed by atoms with Crippen molar-refractivity contribution in [2.24, 2.45) is 0 Å². The van der Waals surface area contributed by atoms with Crippen molar-refractivity contribution in [3.63, 3.8) is 0 Å². The maximum atomic E-state index is 11.6. The molecule has 0 aliphatic heterocycles. The van der Waals surface area contributed by atoms with Crippen LogP contribution >= 0.6 is 47.8 Å². The van der Waals surface area contributed by atoms with Crippen LogP contribution in [0.2, 0.25) is 0 Å². The van der Waals surface area contributed by atoms with E-state index in [0.717, 1.165) is 13.4 Å². The van der Waals surface area contributed by atoms with Crippen LogP contribution in [0.15, 0.2) is 25.6 Å². The van der Waals surface area contributed by atoms with Crippen molar-refractivity contribution in [2.75, 3.05) is 11.9 Å². The number of hydrogen-bond acceptors (Lipinski definition) is 2. The fourth-order valence-electron chi connectivity index (χ4n) is 1.08. The van der Waals surface area contributed by atoms with E-state index in [1.165, 1.54) is 0 Å². The van der Waals surface area contributed by atoms with Gasteiger partial charge in [-0.3, -0.25) is 4.79 Å². The summed E-state index contributed by atoms with van der Waals surface area (Å²) in [5.41, 5.74) is 0.700. The van der Waals surface area contributed by atoms with Gasteiger partial charge in [0.1, 0.15) is 6.61 Å². The third-order valence-electron chi connectivity index (χ3n) is 1.82. The van der Waals surface area contributed by atoms with Crippen molar-refractivity contribution in [1.82, 2.24) is 0 Å². The second-order valence-corrected chi connectivity index (χ2v) is 6.28. The van der Waals surface area contributed by atoms with Crippen molar-refractivity contribution in [3.05, 3.63) is 25.6 Å². The number of carbonyl (C=O) groups is 1. The average Bonchev–Trinajstić information content (AvgIpc) is 2.20. The minimum absolute atomic E-state index is 0.0394. The Balaban J connectivity index is 2.72. The first-order chi connectivity index (χ1) is 7.90. The molecule has 6 heteroatoms. The van der Waals surface area contributed by atoms with Gasteiger partial charge in [-0.15, -0.1) is 0 Å². The summed E-state index contributed by atoms with van der Waals surface area (Å²) in [7, 11) is 0. The number of nitrogens with one attached hydrogen (secondary N) is 1. The van der Waals surface area contributed by atoms with Crippen molar-refractivity contribution < 1.29 is 9.53 Å². The minimum Gasteiger partial charge on any atom is -0.369 e. The van der Waals surface area contributed by atoms with Crippen LogP contribution in [0.25, 0.3) is 0 Å². The Bertz CT molecular complexity index is 398. The minimum atomic E-state index is -0.178. The summed E-state index contributed by atoms with van der Waals surface area (Å²) in [6.07, 6.45) is 0.0394. The molecule has 0 aromatic heterocycles. The molecule has 94 valence electrons. The van der Waals surface area contributed by atoms with Crippen LogP contribution in [0.4, 0.5) is 5.69 Å². The molecule has 0 bridgehead atoms. The molecule has 3 nitrogen and oxygen atoms in total. The number of halogens is 3. The van der Waals surface area contributed by atoms with Crippen LogP contribution in [-0.4, -0.2) is 18.6 Å². The second kappa shape index (κ2) is 6.87. The van der Waals surface area contributed by atoms with Gasteiger partial charge >= 0.3 is 0 Å². The first kappa shape index (κ1) is 15.1. The predicted molar refractivity (Wildman–Crippen MR) is 79.3 cm³/mol. The Hall–Kier alpha value is 0.0900. The van der Waals surface area contributed by atoms with Gasteiger partial charge in [-0.25, -0.2) is 0 Å². The number of carbonyl (C=O) groups excluding carboxylic acids is 1. The lowest BCUT2D eigenvalue weighted by Crippen LogP contribution is -2.21. The Morgan fingerprint density at radius 2 is 1.82 bits per heavy atom. The molecule has 1 N–H and O–H groups in total. The first-order valence-electron chi connectivity index (χ1n) is 4.96. The van der Waals surface area contributed by atoms with Gasteiger partial charge in [-0.2, -0.15) is 0 Å². The molecule has 0 atom stereocenters. The predicted octanol–water partition coefficient (Wildman–Crippen LogP) is 4.34. The summed E-state index contributed by atoms with van der Waals surface area (Å²) in [4.78, 5) is 11.6. The Morgan fingerprint density at radius 1 is 1.29 bits per heavy atom. The number of anilines is 1. The van der Waals surface area contributed by atoms with Crippen LogP contribution in [0.3, 0.4) is 0 Å². The molecule has 0 aliphatic rings. The third kappa shape index (κ3) is 5.07. The molecule has 0 aliphatic carbocycles. The van der Waals surface area contributed by atoms with Crippen LogP contribution in [0.5, 0.6) is 0 Å². The lowest BCUT2D eigenvalue weighted by Gasteiger charge is -2.11. The summed E-state index contributed by atoms with van der Waals surface area (Å²) in [6, 6.07) is 3.73. The lowest BCUT2D eigenvalue weighted by atomic mass is 10.3. The van der Waals surface area contributed by atoms with E-state index in [2.05, 4.69) is 53.1 Å². The summed E-state index contributed by atoms with van der Waals surface area (Å²) < 4.78 is 7.76. The molecule has 0 radical (unpaired) electrons. The van der Waals surface area contributed by atoms with Gasteiger partial charge in [-0.1, -0.05) is 15.9 Å². The number of ether oxygens (including phenoxy) is 1. The van der Waals surface area contributed by atoms with Crippen molar-refractivity contribution in [2.45, 2.75) is 20.0 Å². The molecule has 1 aromatic carbocycles. The average molecular weight is 430 g/mol. The smallest absolute Gasteiger partial charge is 0.250 e. The third-order valence-corrected chi connectivity index (χ3v) is 3.53. The van der Waals surface area contributed by atoms with E-state index in [9.17, 15) is 4.79 Å². The van der Waals surface area contributed by atoms with Crippen LogP contribution in [-0.2, 0) is 9.53 Å². The molecule has 0 saturated heterocycles. The topological polar surface area (TPSA) is 38.3 Å². The maximum absolute atomic E-state index is 11.6. The van der Waals surface area contributed by atoms with Gasteiger partial charge in [0.2, 0.25) is 5.91 Å². The number of benzene rings is 1. The highest BCUT2D eigenvalue weighted by molar-refractivity contribution is 9.11. The van der Waals surface area contributed by atoms with Gasteiger partial charge < -0.3 is 10.1 Å². The zero-order valence-corrected chi connectivity index (χ0v) is 14.1. The quantitative estimate of drug-likeness (QED) is 0.773. The zero-order chi connectivity index (χ0) is 13.0. The van der Waals surface area contributed by atoms with Crippen LogP contribution in [0.1, 0.15) is 13.8 Å². The molecule has 0 fully saturated rings. The van der Waals surface area contributed by atoms with E-state index in [4.69, 9.17) is 4.74 Å². The molecule has 1 amide bonds. The van der Waals surface area contributed by atoms with E-state index >= 15 is 0 Å². The van der Waals surface area contributed by atoms with Crippen molar-refractivity contribution >= 4 is 59.4 Å². The van der Waals surface area contributed by atoms with E-state index in [1.54, 1.807) is 0 Å². The standard InChI is InChI=1S/C11H12Br3NO2/c1-6(2)17-5-10(16)15-11-8(13)3-7(12)4-9(11)14/h3-4,6H,5H2,1-2H3,(H,15,16).